The van der Waals surface area contributed by atoms with E-state index in [0.29, 0.717) is 49.5 Å². The first kappa shape index (κ1) is 36.6. The van der Waals surface area contributed by atoms with Crippen molar-refractivity contribution in [3.05, 3.63) is 166 Å². The Morgan fingerprint density at radius 1 is 0.732 bits per heavy atom. The maximum Gasteiger partial charge on any atom is 0.410 e. The quantitative estimate of drug-likeness (QED) is 0.168. The Hall–Kier alpha value is -6.35. The molecule has 0 bridgehead atoms. The van der Waals surface area contributed by atoms with Crippen LogP contribution < -0.4 is 10.1 Å². The number of nitrogens with one attached hydrogen (secondary N) is 1. The summed E-state index contributed by atoms with van der Waals surface area (Å²) >= 11 is 0. The predicted octanol–water partition coefficient (Wildman–Crippen LogP) is 8.95. The Morgan fingerprint density at radius 3 is 2.18 bits per heavy atom. The topological polar surface area (TPSA) is 92.6 Å². The van der Waals surface area contributed by atoms with Crippen LogP contribution in [-0.4, -0.2) is 43.8 Å². The fourth-order valence-electron chi connectivity index (χ4n) is 7.66. The van der Waals surface area contributed by atoms with Gasteiger partial charge in [0.15, 0.2) is 0 Å². The van der Waals surface area contributed by atoms with E-state index in [-0.39, 0.29) is 17.9 Å². The van der Waals surface area contributed by atoms with E-state index in [1.165, 1.54) is 5.56 Å². The molecule has 0 unspecified atom stereocenters. The van der Waals surface area contributed by atoms with Crippen LogP contribution >= 0.6 is 0 Å². The van der Waals surface area contributed by atoms with Gasteiger partial charge in [-0.1, -0.05) is 72.8 Å². The molecule has 0 saturated carbocycles. The van der Waals surface area contributed by atoms with Crippen molar-refractivity contribution in [1.29, 1.82) is 0 Å². The van der Waals surface area contributed by atoms with Gasteiger partial charge in [-0.05, 0) is 110 Å². The van der Waals surface area contributed by atoms with Crippen molar-refractivity contribution < 1.29 is 23.9 Å². The largest absolute Gasteiger partial charge is 0.489 e. The summed E-state index contributed by atoms with van der Waals surface area (Å²) in [5.74, 6) is 0.438. The minimum Gasteiger partial charge on any atom is -0.489 e. The van der Waals surface area contributed by atoms with E-state index in [2.05, 4.69) is 24.4 Å². The predicted molar refractivity (Wildman–Crippen MR) is 216 cm³/mol. The number of hydrogen-bond acceptors (Lipinski definition) is 5. The van der Waals surface area contributed by atoms with Crippen LogP contribution in [0.1, 0.15) is 81.8 Å². The van der Waals surface area contributed by atoms with Gasteiger partial charge in [-0.25, -0.2) is 4.79 Å². The standard InChI is InChI=1S/C47H46N4O5/c1-31-22-34-14-8-9-15-35(34)29-51(31)45(53)40-24-37-28-49(46(54)56-47(2,3)4)27-36(37)23-39(40)43-25-41(42-16-10-11-21-50(42)43)44(52)48-26-32-17-19-38(20-18-32)55-30-33-12-6-5-7-13-33/h5-21,23-25,31H,22,26-30H2,1-4H3,(H,48,52)/t31-/m1/s1. The highest BCUT2D eigenvalue weighted by atomic mass is 16.6. The third-order valence-electron chi connectivity index (χ3n) is 10.5. The summed E-state index contributed by atoms with van der Waals surface area (Å²) in [5.41, 5.74) is 8.81. The second kappa shape index (κ2) is 15.1. The zero-order valence-corrected chi connectivity index (χ0v) is 32.2. The summed E-state index contributed by atoms with van der Waals surface area (Å²) in [6, 6.07) is 37.6. The smallest absolute Gasteiger partial charge is 0.410 e. The number of hydrogen-bond donors (Lipinski definition) is 1. The molecule has 0 radical (unpaired) electrons. The molecule has 9 heteroatoms. The number of pyridine rings is 1. The van der Waals surface area contributed by atoms with Gasteiger partial charge in [0.1, 0.15) is 18.0 Å². The van der Waals surface area contributed by atoms with Crippen molar-refractivity contribution in [2.75, 3.05) is 0 Å². The van der Waals surface area contributed by atoms with E-state index < -0.39 is 11.7 Å². The summed E-state index contributed by atoms with van der Waals surface area (Å²) in [7, 11) is 0. The molecule has 2 aromatic heterocycles. The Labute approximate surface area is 327 Å². The zero-order chi connectivity index (χ0) is 39.0. The highest BCUT2D eigenvalue weighted by Gasteiger charge is 2.34. The van der Waals surface area contributed by atoms with Crippen molar-refractivity contribution >= 4 is 23.4 Å². The van der Waals surface area contributed by atoms with E-state index in [1.807, 2.05) is 139 Å². The molecule has 0 fully saturated rings. The number of benzene rings is 4. The highest BCUT2D eigenvalue weighted by molar-refractivity contribution is 6.05. The number of aromatic nitrogens is 1. The zero-order valence-electron chi connectivity index (χ0n) is 32.2. The van der Waals surface area contributed by atoms with Crippen LogP contribution in [0.3, 0.4) is 0 Å². The van der Waals surface area contributed by atoms with Crippen LogP contribution in [0, 0.1) is 0 Å². The average Bonchev–Trinajstić information content (AvgIpc) is 3.80. The van der Waals surface area contributed by atoms with Crippen molar-refractivity contribution in [3.8, 4) is 17.0 Å². The molecule has 0 aliphatic carbocycles. The normalized spacial score (nSPS) is 15.0. The van der Waals surface area contributed by atoms with Crippen LogP contribution in [-0.2, 0) is 43.9 Å². The molecule has 6 aromatic rings. The molecule has 3 amide bonds. The number of rotatable bonds is 8. The van der Waals surface area contributed by atoms with Gasteiger partial charge in [0.2, 0.25) is 0 Å². The van der Waals surface area contributed by atoms with Gasteiger partial charge >= 0.3 is 6.09 Å². The van der Waals surface area contributed by atoms with Gasteiger partial charge in [-0.2, -0.15) is 0 Å². The first-order chi connectivity index (χ1) is 27.0. The molecule has 9 nitrogen and oxygen atoms in total. The Kier molecular flexibility index (Phi) is 9.85. The average molecular weight is 747 g/mol. The summed E-state index contributed by atoms with van der Waals surface area (Å²) in [6.07, 6.45) is 2.28. The molecule has 0 saturated heterocycles. The molecule has 0 spiro atoms. The molecule has 1 atom stereocenters. The van der Waals surface area contributed by atoms with Gasteiger partial charge in [0, 0.05) is 49.5 Å². The minimum absolute atomic E-state index is 0.0216. The van der Waals surface area contributed by atoms with Gasteiger partial charge in [-0.3, -0.25) is 14.5 Å². The van der Waals surface area contributed by atoms with E-state index in [4.69, 9.17) is 9.47 Å². The van der Waals surface area contributed by atoms with Crippen LogP contribution in [0.25, 0.3) is 16.8 Å². The van der Waals surface area contributed by atoms with E-state index in [0.717, 1.165) is 51.2 Å². The van der Waals surface area contributed by atoms with E-state index in [9.17, 15) is 14.4 Å². The van der Waals surface area contributed by atoms with Crippen LogP contribution in [0.2, 0.25) is 0 Å². The molecule has 1 N–H and O–H groups in total. The third kappa shape index (κ3) is 7.62. The van der Waals surface area contributed by atoms with Gasteiger partial charge in [0.05, 0.1) is 16.8 Å². The number of fused-ring (bicyclic) bond motifs is 3. The number of nitrogens with zero attached hydrogens (tertiary/aromatic N) is 3. The summed E-state index contributed by atoms with van der Waals surface area (Å²) in [6.45, 7) is 9.64. The lowest BCUT2D eigenvalue weighted by molar-refractivity contribution is 0.0241. The van der Waals surface area contributed by atoms with Gasteiger partial charge in [-0.15, -0.1) is 0 Å². The van der Waals surface area contributed by atoms with Crippen LogP contribution in [0.15, 0.2) is 121 Å². The van der Waals surface area contributed by atoms with Crippen molar-refractivity contribution in [3.63, 3.8) is 0 Å². The molecule has 2 aliphatic heterocycles. The molecule has 4 aromatic carbocycles. The lowest BCUT2D eigenvalue weighted by atomic mass is 9.92. The number of carbonyl (C=O) groups excluding carboxylic acids is 3. The van der Waals surface area contributed by atoms with Crippen molar-refractivity contribution in [2.45, 2.75) is 78.5 Å². The van der Waals surface area contributed by atoms with Gasteiger partial charge < -0.3 is 24.1 Å². The fourth-order valence-corrected chi connectivity index (χ4v) is 7.66. The minimum atomic E-state index is -0.638. The molecular formula is C47H46N4O5. The van der Waals surface area contributed by atoms with Crippen molar-refractivity contribution in [2.24, 2.45) is 0 Å². The first-order valence-corrected chi connectivity index (χ1v) is 19.2. The molecule has 56 heavy (non-hydrogen) atoms. The monoisotopic (exact) mass is 746 g/mol. The molecular weight excluding hydrogens is 701 g/mol. The van der Waals surface area contributed by atoms with E-state index >= 15 is 0 Å². The lowest BCUT2D eigenvalue weighted by Crippen LogP contribution is -2.42. The van der Waals surface area contributed by atoms with E-state index in [1.54, 1.807) is 4.90 Å². The Balaban J connectivity index is 1.10. The first-order valence-electron chi connectivity index (χ1n) is 19.2. The number of carbonyl (C=O) groups is 3. The Morgan fingerprint density at radius 2 is 1.43 bits per heavy atom. The number of ether oxygens (including phenoxy) is 2. The highest BCUT2D eigenvalue weighted by Crippen LogP contribution is 2.37. The van der Waals surface area contributed by atoms with Crippen LogP contribution in [0.5, 0.6) is 5.75 Å². The molecule has 4 heterocycles. The van der Waals surface area contributed by atoms with Gasteiger partial charge in [0.25, 0.3) is 11.8 Å². The summed E-state index contributed by atoms with van der Waals surface area (Å²) < 4.78 is 13.6. The summed E-state index contributed by atoms with van der Waals surface area (Å²) in [4.78, 5) is 45.6. The van der Waals surface area contributed by atoms with Crippen molar-refractivity contribution in [1.82, 2.24) is 19.5 Å². The maximum absolute atomic E-state index is 14.8. The second-order valence-corrected chi connectivity index (χ2v) is 15.8. The Bertz CT molecular complexity index is 2430. The number of amides is 3. The third-order valence-corrected chi connectivity index (χ3v) is 10.5. The molecule has 2 aliphatic rings. The summed E-state index contributed by atoms with van der Waals surface area (Å²) in [5, 5.41) is 3.11. The second-order valence-electron chi connectivity index (χ2n) is 15.8. The molecule has 8 rings (SSSR count). The fraction of sp³-hybridized carbons (Fsp3) is 0.255. The maximum atomic E-state index is 14.8. The SMILES string of the molecule is C[C@@H]1Cc2ccccc2CN1C(=O)c1cc2c(cc1-c1cc(C(=O)NCc3ccc(OCc4ccccc4)cc3)c3ccccn13)CN(C(=O)OC(C)(C)C)C2. The molecule has 284 valence electrons. The lowest BCUT2D eigenvalue weighted by Gasteiger charge is -2.35. The van der Waals surface area contributed by atoms with Crippen LogP contribution in [0.4, 0.5) is 4.79 Å².